The van der Waals surface area contributed by atoms with E-state index in [-0.39, 0.29) is 0 Å². The molecule has 0 saturated carbocycles. The molecule has 0 saturated heterocycles. The SMILES string of the molecule is CCCCCCCCCCCCSc1nnc(CCCCCC)n1CC. The van der Waals surface area contributed by atoms with Gasteiger partial charge in [-0.2, -0.15) is 0 Å². The predicted octanol–water partition coefficient (Wildman–Crippen LogP) is 7.43. The van der Waals surface area contributed by atoms with Crippen LogP contribution < -0.4 is 0 Å². The van der Waals surface area contributed by atoms with Crippen LogP contribution in [0.3, 0.4) is 0 Å². The summed E-state index contributed by atoms with van der Waals surface area (Å²) in [5, 5.41) is 10.0. The lowest BCUT2D eigenvalue weighted by molar-refractivity contribution is 0.563. The molecule has 26 heavy (non-hydrogen) atoms. The van der Waals surface area contributed by atoms with Crippen molar-refractivity contribution in [3.8, 4) is 0 Å². The quantitative estimate of drug-likeness (QED) is 0.195. The van der Waals surface area contributed by atoms with Crippen LogP contribution in [0.25, 0.3) is 0 Å². The maximum absolute atomic E-state index is 4.45. The Bertz CT molecular complexity index is 431. The lowest BCUT2D eigenvalue weighted by Crippen LogP contribution is -2.03. The molecule has 0 spiro atoms. The molecule has 0 aliphatic heterocycles. The van der Waals surface area contributed by atoms with E-state index >= 15 is 0 Å². The molecule has 1 heterocycles. The van der Waals surface area contributed by atoms with E-state index in [0.29, 0.717) is 0 Å². The van der Waals surface area contributed by atoms with Gasteiger partial charge in [0.05, 0.1) is 0 Å². The Morgan fingerprint density at radius 2 is 1.19 bits per heavy atom. The summed E-state index contributed by atoms with van der Waals surface area (Å²) >= 11 is 1.90. The lowest BCUT2D eigenvalue weighted by atomic mass is 10.1. The number of nitrogens with zero attached hydrogens (tertiary/aromatic N) is 3. The Hall–Kier alpha value is -0.510. The zero-order chi connectivity index (χ0) is 18.9. The zero-order valence-corrected chi connectivity index (χ0v) is 18.6. The minimum atomic E-state index is 0.997. The summed E-state index contributed by atoms with van der Waals surface area (Å²) < 4.78 is 2.33. The third-order valence-corrected chi connectivity index (χ3v) is 6.15. The Morgan fingerprint density at radius 1 is 0.654 bits per heavy atom. The first-order chi connectivity index (χ1) is 12.8. The second kappa shape index (κ2) is 16.6. The average Bonchev–Trinajstić information content (AvgIpc) is 3.05. The minimum Gasteiger partial charge on any atom is -0.306 e. The van der Waals surface area contributed by atoms with Gasteiger partial charge in [0.2, 0.25) is 0 Å². The molecule has 1 aromatic heterocycles. The zero-order valence-electron chi connectivity index (χ0n) is 17.8. The third kappa shape index (κ3) is 10.6. The molecule has 0 fully saturated rings. The first kappa shape index (κ1) is 23.5. The fraction of sp³-hybridized carbons (Fsp3) is 0.909. The van der Waals surface area contributed by atoms with Gasteiger partial charge in [-0.15, -0.1) is 10.2 Å². The van der Waals surface area contributed by atoms with Gasteiger partial charge in [-0.05, 0) is 19.8 Å². The van der Waals surface area contributed by atoms with Crippen LogP contribution in [0.5, 0.6) is 0 Å². The van der Waals surface area contributed by atoms with Crippen molar-refractivity contribution < 1.29 is 0 Å². The van der Waals surface area contributed by atoms with Crippen molar-refractivity contribution in [3.63, 3.8) is 0 Å². The van der Waals surface area contributed by atoms with Crippen LogP contribution in [0, 0.1) is 0 Å². The highest BCUT2D eigenvalue weighted by molar-refractivity contribution is 7.99. The van der Waals surface area contributed by atoms with Crippen molar-refractivity contribution in [1.82, 2.24) is 14.8 Å². The van der Waals surface area contributed by atoms with Crippen LogP contribution in [0.2, 0.25) is 0 Å². The normalized spacial score (nSPS) is 11.3. The van der Waals surface area contributed by atoms with Gasteiger partial charge in [0, 0.05) is 18.7 Å². The maximum atomic E-state index is 4.45. The number of aryl methyl sites for hydroxylation is 1. The fourth-order valence-electron chi connectivity index (χ4n) is 3.39. The second-order valence-electron chi connectivity index (χ2n) is 7.48. The molecule has 0 radical (unpaired) electrons. The molecule has 3 nitrogen and oxygen atoms in total. The molecule has 0 atom stereocenters. The minimum absolute atomic E-state index is 0.997. The second-order valence-corrected chi connectivity index (χ2v) is 8.55. The third-order valence-electron chi connectivity index (χ3n) is 5.09. The number of hydrogen-bond acceptors (Lipinski definition) is 3. The van der Waals surface area contributed by atoms with Crippen molar-refractivity contribution >= 4 is 11.8 Å². The first-order valence-electron chi connectivity index (χ1n) is 11.4. The van der Waals surface area contributed by atoms with E-state index in [4.69, 9.17) is 0 Å². The van der Waals surface area contributed by atoms with Crippen LogP contribution in [0.4, 0.5) is 0 Å². The van der Waals surface area contributed by atoms with E-state index in [0.717, 1.165) is 18.1 Å². The molecule has 0 aliphatic carbocycles. The molecular formula is C22H43N3S. The first-order valence-corrected chi connectivity index (χ1v) is 12.4. The Labute approximate surface area is 167 Å². The molecule has 0 unspecified atom stereocenters. The van der Waals surface area contributed by atoms with Crippen molar-refractivity contribution in [1.29, 1.82) is 0 Å². The monoisotopic (exact) mass is 381 g/mol. The van der Waals surface area contributed by atoms with Gasteiger partial charge in [-0.1, -0.05) is 103 Å². The van der Waals surface area contributed by atoms with Gasteiger partial charge < -0.3 is 4.57 Å². The highest BCUT2D eigenvalue weighted by atomic mass is 32.2. The molecule has 1 rings (SSSR count). The van der Waals surface area contributed by atoms with Gasteiger partial charge in [-0.3, -0.25) is 0 Å². The van der Waals surface area contributed by atoms with Crippen molar-refractivity contribution in [2.24, 2.45) is 0 Å². The van der Waals surface area contributed by atoms with E-state index in [2.05, 4.69) is 35.5 Å². The summed E-state index contributed by atoms with van der Waals surface area (Å²) in [6.45, 7) is 7.76. The van der Waals surface area contributed by atoms with Gasteiger partial charge in [0.15, 0.2) is 5.16 Å². The van der Waals surface area contributed by atoms with Gasteiger partial charge in [-0.25, -0.2) is 0 Å². The molecule has 0 N–H and O–H groups in total. The van der Waals surface area contributed by atoms with E-state index in [1.807, 2.05) is 11.8 Å². The van der Waals surface area contributed by atoms with E-state index in [1.54, 1.807) is 0 Å². The van der Waals surface area contributed by atoms with Crippen LogP contribution in [-0.4, -0.2) is 20.5 Å². The summed E-state index contributed by atoms with van der Waals surface area (Å²) in [5.41, 5.74) is 0. The summed E-state index contributed by atoms with van der Waals surface area (Å²) in [6, 6.07) is 0. The highest BCUT2D eigenvalue weighted by Crippen LogP contribution is 2.20. The van der Waals surface area contributed by atoms with Crippen molar-refractivity contribution in [3.05, 3.63) is 5.82 Å². The molecular weight excluding hydrogens is 338 g/mol. The Kier molecular flexibility index (Phi) is 15.1. The summed E-state index contributed by atoms with van der Waals surface area (Å²) in [6.07, 6.45) is 20.3. The van der Waals surface area contributed by atoms with Crippen LogP contribution in [0.15, 0.2) is 5.16 Å². The summed E-state index contributed by atoms with van der Waals surface area (Å²) in [5.74, 6) is 2.37. The van der Waals surface area contributed by atoms with Gasteiger partial charge >= 0.3 is 0 Å². The average molecular weight is 382 g/mol. The Balaban J connectivity index is 2.08. The largest absolute Gasteiger partial charge is 0.306 e. The van der Waals surface area contributed by atoms with E-state index in [1.165, 1.54) is 101 Å². The van der Waals surface area contributed by atoms with E-state index < -0.39 is 0 Å². The molecule has 0 amide bonds. The number of hydrogen-bond donors (Lipinski definition) is 0. The predicted molar refractivity (Wildman–Crippen MR) is 116 cm³/mol. The number of thioether (sulfide) groups is 1. The van der Waals surface area contributed by atoms with Crippen molar-refractivity contribution in [2.45, 2.75) is 129 Å². The summed E-state index contributed by atoms with van der Waals surface area (Å²) in [4.78, 5) is 0. The number of rotatable bonds is 18. The molecule has 0 aromatic carbocycles. The van der Waals surface area contributed by atoms with Crippen LogP contribution >= 0.6 is 11.8 Å². The number of unbranched alkanes of at least 4 members (excludes halogenated alkanes) is 12. The molecule has 152 valence electrons. The van der Waals surface area contributed by atoms with E-state index in [9.17, 15) is 0 Å². The van der Waals surface area contributed by atoms with Crippen LogP contribution in [-0.2, 0) is 13.0 Å². The Morgan fingerprint density at radius 3 is 1.77 bits per heavy atom. The molecule has 4 heteroatoms. The lowest BCUT2D eigenvalue weighted by Gasteiger charge is -2.07. The number of aromatic nitrogens is 3. The molecule has 1 aromatic rings. The van der Waals surface area contributed by atoms with Crippen LogP contribution in [0.1, 0.15) is 116 Å². The molecule has 0 bridgehead atoms. The smallest absolute Gasteiger partial charge is 0.191 e. The highest BCUT2D eigenvalue weighted by Gasteiger charge is 2.10. The maximum Gasteiger partial charge on any atom is 0.191 e. The topological polar surface area (TPSA) is 30.7 Å². The standard InChI is InChI=1S/C22H43N3S/c1-4-7-9-11-12-13-14-15-16-18-20-26-22-24-23-21(25(22)6-3)19-17-10-8-5-2/h4-20H2,1-3H3. The fourth-order valence-corrected chi connectivity index (χ4v) is 4.41. The van der Waals surface area contributed by atoms with Gasteiger partial charge in [0.25, 0.3) is 0 Å². The summed E-state index contributed by atoms with van der Waals surface area (Å²) in [7, 11) is 0. The molecule has 0 aliphatic rings. The van der Waals surface area contributed by atoms with Gasteiger partial charge in [0.1, 0.15) is 5.82 Å². The van der Waals surface area contributed by atoms with Crippen molar-refractivity contribution in [2.75, 3.05) is 5.75 Å².